The van der Waals surface area contributed by atoms with Gasteiger partial charge in [-0.2, -0.15) is 0 Å². The lowest BCUT2D eigenvalue weighted by atomic mass is 9.83. The second-order valence-corrected chi connectivity index (χ2v) is 7.45. The Morgan fingerprint density at radius 2 is 1.64 bits per heavy atom. The normalized spacial score (nSPS) is 18.9. The number of unbranched alkanes of at least 4 members (excludes halogenated alkanes) is 1. The van der Waals surface area contributed by atoms with Crippen molar-refractivity contribution in [2.75, 3.05) is 0 Å². The van der Waals surface area contributed by atoms with Crippen molar-refractivity contribution in [3.05, 3.63) is 12.2 Å². The highest BCUT2D eigenvalue weighted by Gasteiger charge is 2.14. The second-order valence-electron chi connectivity index (χ2n) is 7.45. The highest BCUT2D eigenvalue weighted by Crippen LogP contribution is 2.28. The first-order valence-corrected chi connectivity index (χ1v) is 10.3. The van der Waals surface area contributed by atoms with Crippen LogP contribution in [0, 0.1) is 17.8 Å². The zero-order valence-corrected chi connectivity index (χ0v) is 16.4. The van der Waals surface area contributed by atoms with Crippen LogP contribution in [0.3, 0.4) is 0 Å². The van der Waals surface area contributed by atoms with Crippen LogP contribution in [0.15, 0.2) is 12.2 Å². The van der Waals surface area contributed by atoms with E-state index in [4.69, 9.17) is 0 Å². The molecule has 1 rings (SSSR count). The summed E-state index contributed by atoms with van der Waals surface area (Å²) in [5.41, 5.74) is 0. The van der Waals surface area contributed by atoms with E-state index in [-0.39, 0.29) is 0 Å². The molecule has 0 N–H and O–H groups in total. The summed E-state index contributed by atoms with van der Waals surface area (Å²) >= 11 is 0. The van der Waals surface area contributed by atoms with Crippen LogP contribution >= 0.6 is 0 Å². The lowest BCUT2D eigenvalue weighted by molar-refractivity contribution is 0.345. The number of allylic oxidation sites excluding steroid dienone is 2. The third-order valence-corrected chi connectivity index (χ3v) is 5.13. The zero-order valence-electron chi connectivity index (χ0n) is 16.4. The molecule has 0 fully saturated rings. The molecule has 0 radical (unpaired) electrons. The number of rotatable bonds is 10. The molecule has 1 unspecified atom stereocenters. The minimum absolute atomic E-state index is 0.909. The molecule has 0 saturated heterocycles. The van der Waals surface area contributed by atoms with Gasteiger partial charge in [-0.05, 0) is 43.4 Å². The molecule has 0 spiro atoms. The molecule has 0 nitrogen and oxygen atoms in total. The summed E-state index contributed by atoms with van der Waals surface area (Å²) in [7, 11) is 0. The first kappa shape index (κ1) is 21.7. The Morgan fingerprint density at radius 3 is 2.09 bits per heavy atom. The van der Waals surface area contributed by atoms with Crippen molar-refractivity contribution in [2.24, 2.45) is 17.8 Å². The average molecular weight is 309 g/mol. The standard InChI is InChI=1S/C14H26.C8H18/c1-3-8-13(9-4-2)12-14-10-6-5-7-11-14;1-4-6-7-8(3)5-2/h6,10,13-14H,3-5,7-9,11-12H2,1-2H3;8H,4-7H2,1-3H3/t14-;/m0./s1. The quantitative estimate of drug-likeness (QED) is 0.357. The molecule has 22 heavy (non-hydrogen) atoms. The molecule has 0 aromatic heterocycles. The van der Waals surface area contributed by atoms with Gasteiger partial charge >= 0.3 is 0 Å². The van der Waals surface area contributed by atoms with Gasteiger partial charge in [0.05, 0.1) is 0 Å². The molecule has 0 aromatic carbocycles. The van der Waals surface area contributed by atoms with Gasteiger partial charge in [-0.25, -0.2) is 0 Å². The molecule has 1 aliphatic carbocycles. The van der Waals surface area contributed by atoms with Crippen molar-refractivity contribution < 1.29 is 0 Å². The van der Waals surface area contributed by atoms with Crippen LogP contribution in [-0.4, -0.2) is 0 Å². The predicted molar refractivity (Wildman–Crippen MR) is 103 cm³/mol. The Morgan fingerprint density at radius 1 is 0.955 bits per heavy atom. The van der Waals surface area contributed by atoms with Crippen LogP contribution in [0.5, 0.6) is 0 Å². The van der Waals surface area contributed by atoms with Crippen LogP contribution in [0.25, 0.3) is 0 Å². The van der Waals surface area contributed by atoms with E-state index in [1.165, 1.54) is 77.0 Å². The van der Waals surface area contributed by atoms with E-state index in [9.17, 15) is 0 Å². The summed E-state index contributed by atoms with van der Waals surface area (Å²) in [5.74, 6) is 2.86. The first-order valence-electron chi connectivity index (χ1n) is 10.3. The Balaban J connectivity index is 0.000000472. The fourth-order valence-corrected chi connectivity index (χ4v) is 3.46. The Kier molecular flexibility index (Phi) is 15.4. The number of hydrogen-bond donors (Lipinski definition) is 0. The summed E-state index contributed by atoms with van der Waals surface area (Å²) < 4.78 is 0. The van der Waals surface area contributed by atoms with E-state index >= 15 is 0 Å². The van der Waals surface area contributed by atoms with Gasteiger partial charge in [-0.3, -0.25) is 0 Å². The Hall–Kier alpha value is -0.260. The maximum Gasteiger partial charge on any atom is -0.0231 e. The van der Waals surface area contributed by atoms with Gasteiger partial charge in [0, 0.05) is 0 Å². The summed E-state index contributed by atoms with van der Waals surface area (Å²) in [4.78, 5) is 0. The summed E-state index contributed by atoms with van der Waals surface area (Å²) in [6.45, 7) is 11.5. The van der Waals surface area contributed by atoms with Crippen LogP contribution in [-0.2, 0) is 0 Å². The van der Waals surface area contributed by atoms with Crippen LogP contribution in [0.2, 0.25) is 0 Å². The van der Waals surface area contributed by atoms with E-state index in [1.54, 1.807) is 0 Å². The van der Waals surface area contributed by atoms with Crippen molar-refractivity contribution in [3.8, 4) is 0 Å². The zero-order chi connectivity index (χ0) is 16.6. The van der Waals surface area contributed by atoms with Crippen molar-refractivity contribution in [1.29, 1.82) is 0 Å². The molecule has 0 amide bonds. The largest absolute Gasteiger partial charge is 0.0883 e. The smallest absolute Gasteiger partial charge is 0.0231 e. The maximum absolute atomic E-state index is 2.47. The summed E-state index contributed by atoms with van der Waals surface area (Å²) in [6, 6.07) is 0. The first-order chi connectivity index (χ1) is 10.7. The monoisotopic (exact) mass is 308 g/mol. The van der Waals surface area contributed by atoms with Crippen molar-refractivity contribution in [2.45, 2.75) is 112 Å². The molecule has 1 aliphatic rings. The predicted octanol–water partition coefficient (Wildman–Crippen LogP) is 8.17. The Bertz CT molecular complexity index is 234. The minimum atomic E-state index is 0.909. The topological polar surface area (TPSA) is 0 Å². The number of hydrogen-bond acceptors (Lipinski definition) is 0. The molecular formula is C22H44. The average Bonchev–Trinajstić information content (AvgIpc) is 2.54. The van der Waals surface area contributed by atoms with Gasteiger partial charge in [0.25, 0.3) is 0 Å². The fourth-order valence-electron chi connectivity index (χ4n) is 3.46. The van der Waals surface area contributed by atoms with Gasteiger partial charge < -0.3 is 0 Å². The second kappa shape index (κ2) is 15.6. The van der Waals surface area contributed by atoms with Gasteiger partial charge in [-0.15, -0.1) is 0 Å². The highest BCUT2D eigenvalue weighted by atomic mass is 14.2. The molecule has 2 atom stereocenters. The summed E-state index contributed by atoms with van der Waals surface area (Å²) in [5, 5.41) is 0. The highest BCUT2D eigenvalue weighted by molar-refractivity contribution is 4.93. The molecule has 0 aliphatic heterocycles. The van der Waals surface area contributed by atoms with Gasteiger partial charge in [0.1, 0.15) is 0 Å². The third kappa shape index (κ3) is 12.3. The van der Waals surface area contributed by atoms with E-state index in [1.807, 2.05) is 0 Å². The van der Waals surface area contributed by atoms with E-state index in [0.717, 1.165) is 17.8 Å². The minimum Gasteiger partial charge on any atom is -0.0883 e. The molecule has 0 heterocycles. The molecular weight excluding hydrogens is 264 g/mol. The van der Waals surface area contributed by atoms with E-state index in [0.29, 0.717) is 0 Å². The van der Waals surface area contributed by atoms with Crippen LogP contribution < -0.4 is 0 Å². The van der Waals surface area contributed by atoms with E-state index in [2.05, 4.69) is 46.8 Å². The van der Waals surface area contributed by atoms with Crippen molar-refractivity contribution in [3.63, 3.8) is 0 Å². The lowest BCUT2D eigenvalue weighted by Crippen LogP contribution is -2.09. The lowest BCUT2D eigenvalue weighted by Gasteiger charge is -2.22. The van der Waals surface area contributed by atoms with Gasteiger partial charge in [0.2, 0.25) is 0 Å². The van der Waals surface area contributed by atoms with Gasteiger partial charge in [-0.1, -0.05) is 98.1 Å². The molecule has 0 heteroatoms. The van der Waals surface area contributed by atoms with E-state index < -0.39 is 0 Å². The summed E-state index contributed by atoms with van der Waals surface area (Å²) in [6.07, 6.45) is 21.7. The Labute approximate surface area is 142 Å². The molecule has 0 bridgehead atoms. The third-order valence-electron chi connectivity index (χ3n) is 5.13. The van der Waals surface area contributed by atoms with Crippen LogP contribution in [0.4, 0.5) is 0 Å². The van der Waals surface area contributed by atoms with Crippen molar-refractivity contribution in [1.82, 2.24) is 0 Å². The molecule has 132 valence electrons. The molecule has 0 aromatic rings. The van der Waals surface area contributed by atoms with Crippen LogP contribution in [0.1, 0.15) is 112 Å². The SMILES string of the molecule is CCCC(CCC)C[C@H]1C=CCCC1.CCCCC(C)CC. The fraction of sp³-hybridized carbons (Fsp3) is 0.909. The van der Waals surface area contributed by atoms with Gasteiger partial charge in [0.15, 0.2) is 0 Å². The van der Waals surface area contributed by atoms with Crippen molar-refractivity contribution >= 4 is 0 Å². The maximum atomic E-state index is 2.47. The molecule has 0 saturated carbocycles.